The Morgan fingerprint density at radius 3 is 2.58 bits per heavy atom. The molecule has 0 radical (unpaired) electrons. The van der Waals surface area contributed by atoms with E-state index in [-0.39, 0.29) is 18.9 Å². The van der Waals surface area contributed by atoms with Gasteiger partial charge in [0.05, 0.1) is 25.6 Å². The molecule has 0 spiro atoms. The van der Waals surface area contributed by atoms with Crippen LogP contribution in [-0.4, -0.2) is 30.1 Å². The van der Waals surface area contributed by atoms with Gasteiger partial charge in [0.15, 0.2) is 0 Å². The lowest BCUT2D eigenvalue weighted by Crippen LogP contribution is -2.37. The molecule has 0 heterocycles. The third kappa shape index (κ3) is 5.70. The van der Waals surface area contributed by atoms with Crippen molar-refractivity contribution in [3.8, 4) is 12.3 Å². The predicted molar refractivity (Wildman–Crippen MR) is 71.3 cm³/mol. The zero-order valence-electron chi connectivity index (χ0n) is 10.4. The zero-order chi connectivity index (χ0) is 14.1. The van der Waals surface area contributed by atoms with Crippen molar-refractivity contribution in [2.24, 2.45) is 0 Å². The predicted octanol–water partition coefficient (Wildman–Crippen LogP) is 0.541. The molecule has 0 saturated carbocycles. The molecule has 5 heteroatoms. The fourth-order valence-electron chi connectivity index (χ4n) is 1.61. The highest BCUT2D eigenvalue weighted by Gasteiger charge is 2.17. The number of amides is 1. The Bertz CT molecular complexity index is 465. The first-order valence-electron chi connectivity index (χ1n) is 5.83. The Hall–Kier alpha value is -2.32. The maximum atomic E-state index is 11.6. The van der Waals surface area contributed by atoms with Gasteiger partial charge in [0.25, 0.3) is 0 Å². The van der Waals surface area contributed by atoms with Crippen LogP contribution in [0.5, 0.6) is 0 Å². The van der Waals surface area contributed by atoms with Crippen molar-refractivity contribution in [1.82, 2.24) is 10.6 Å². The van der Waals surface area contributed by atoms with Gasteiger partial charge in [-0.05, 0) is 5.56 Å². The Morgan fingerprint density at radius 2 is 2.00 bits per heavy atom. The van der Waals surface area contributed by atoms with Gasteiger partial charge in [0, 0.05) is 0 Å². The number of carboxylic acids is 1. The molecule has 1 unspecified atom stereocenters. The summed E-state index contributed by atoms with van der Waals surface area (Å²) < 4.78 is 0. The number of benzene rings is 1. The van der Waals surface area contributed by atoms with Crippen LogP contribution < -0.4 is 10.6 Å². The van der Waals surface area contributed by atoms with Crippen LogP contribution >= 0.6 is 0 Å². The van der Waals surface area contributed by atoms with Crippen molar-refractivity contribution in [3.63, 3.8) is 0 Å². The maximum absolute atomic E-state index is 11.6. The number of hydrogen-bond donors (Lipinski definition) is 3. The van der Waals surface area contributed by atoms with Gasteiger partial charge in [-0.25, -0.2) is 0 Å². The number of carbonyl (C=O) groups excluding carboxylic acids is 1. The van der Waals surface area contributed by atoms with Gasteiger partial charge in [-0.3, -0.25) is 14.9 Å². The van der Waals surface area contributed by atoms with Gasteiger partial charge in [-0.2, -0.15) is 0 Å². The Balaban J connectivity index is 2.63. The second-order valence-corrected chi connectivity index (χ2v) is 3.94. The van der Waals surface area contributed by atoms with Crippen molar-refractivity contribution in [1.29, 1.82) is 0 Å². The topological polar surface area (TPSA) is 78.4 Å². The van der Waals surface area contributed by atoms with Crippen molar-refractivity contribution in [2.75, 3.05) is 13.1 Å². The van der Waals surface area contributed by atoms with E-state index in [2.05, 4.69) is 16.6 Å². The van der Waals surface area contributed by atoms with E-state index < -0.39 is 12.0 Å². The monoisotopic (exact) mass is 260 g/mol. The molecule has 0 saturated heterocycles. The van der Waals surface area contributed by atoms with Gasteiger partial charge in [0.1, 0.15) is 0 Å². The van der Waals surface area contributed by atoms with E-state index in [9.17, 15) is 9.59 Å². The highest BCUT2D eigenvalue weighted by Crippen LogP contribution is 2.16. The van der Waals surface area contributed by atoms with Gasteiger partial charge in [-0.1, -0.05) is 36.3 Å². The molecule has 1 atom stereocenters. The highest BCUT2D eigenvalue weighted by molar-refractivity contribution is 5.79. The quantitative estimate of drug-likeness (QED) is 0.494. The Kier molecular flexibility index (Phi) is 6.13. The Labute approximate surface area is 112 Å². The minimum atomic E-state index is -0.967. The van der Waals surface area contributed by atoms with Crippen molar-refractivity contribution in [2.45, 2.75) is 12.5 Å². The molecule has 1 aromatic carbocycles. The third-order valence-electron chi connectivity index (χ3n) is 2.43. The third-order valence-corrected chi connectivity index (χ3v) is 2.43. The van der Waals surface area contributed by atoms with E-state index in [1.165, 1.54) is 0 Å². The summed E-state index contributed by atoms with van der Waals surface area (Å²) >= 11 is 0. The first kappa shape index (κ1) is 14.7. The van der Waals surface area contributed by atoms with Gasteiger partial charge >= 0.3 is 5.97 Å². The summed E-state index contributed by atoms with van der Waals surface area (Å²) in [6, 6.07) is 8.45. The van der Waals surface area contributed by atoms with Crippen LogP contribution in [0.4, 0.5) is 0 Å². The normalized spacial score (nSPS) is 11.3. The van der Waals surface area contributed by atoms with Gasteiger partial charge in [0.2, 0.25) is 5.91 Å². The fraction of sp³-hybridized carbons (Fsp3) is 0.286. The van der Waals surface area contributed by atoms with Crippen LogP contribution in [0, 0.1) is 12.3 Å². The second-order valence-electron chi connectivity index (χ2n) is 3.94. The lowest BCUT2D eigenvalue weighted by molar-refractivity contribution is -0.137. The van der Waals surface area contributed by atoms with E-state index in [1.54, 1.807) is 24.3 Å². The van der Waals surface area contributed by atoms with E-state index in [0.29, 0.717) is 6.54 Å². The van der Waals surface area contributed by atoms with Crippen LogP contribution in [-0.2, 0) is 9.59 Å². The number of rotatable bonds is 7. The van der Waals surface area contributed by atoms with Gasteiger partial charge in [-0.15, -0.1) is 6.42 Å². The first-order chi connectivity index (χ1) is 9.13. The average molecular weight is 260 g/mol. The summed E-state index contributed by atoms with van der Waals surface area (Å²) in [6.45, 7) is 0.357. The fourth-order valence-corrected chi connectivity index (χ4v) is 1.61. The molecule has 0 aromatic heterocycles. The summed E-state index contributed by atoms with van der Waals surface area (Å²) in [5, 5.41) is 14.3. The lowest BCUT2D eigenvalue weighted by atomic mass is 10.0. The standard InChI is InChI=1S/C14H16N2O3/c1-2-8-15-10-13(17)16-12(9-14(18)19)11-6-4-3-5-7-11/h1,3-7,12,15H,8-10H2,(H,16,17)(H,18,19). The molecule has 0 fully saturated rings. The SMILES string of the molecule is C#CCNCC(=O)NC(CC(=O)O)c1ccccc1. The summed E-state index contributed by atoms with van der Waals surface area (Å²) in [6.07, 6.45) is 4.89. The van der Waals surface area contributed by atoms with Crippen LogP contribution in [0.3, 0.4) is 0 Å². The maximum Gasteiger partial charge on any atom is 0.305 e. The molecule has 0 aliphatic rings. The molecule has 19 heavy (non-hydrogen) atoms. The van der Waals surface area contributed by atoms with Crippen LogP contribution in [0.2, 0.25) is 0 Å². The van der Waals surface area contributed by atoms with Crippen molar-refractivity contribution in [3.05, 3.63) is 35.9 Å². The summed E-state index contributed by atoms with van der Waals surface area (Å²) in [5.74, 6) is 1.10. The molecular weight excluding hydrogens is 244 g/mol. The van der Waals surface area contributed by atoms with Crippen molar-refractivity contribution >= 4 is 11.9 Å². The highest BCUT2D eigenvalue weighted by atomic mass is 16.4. The van der Waals surface area contributed by atoms with Crippen LogP contribution in [0.1, 0.15) is 18.0 Å². The largest absolute Gasteiger partial charge is 0.481 e. The number of terminal acetylenes is 1. The molecular formula is C14H16N2O3. The summed E-state index contributed by atoms with van der Waals surface area (Å²) in [4.78, 5) is 22.5. The van der Waals surface area contributed by atoms with Crippen molar-refractivity contribution < 1.29 is 14.7 Å². The zero-order valence-corrected chi connectivity index (χ0v) is 10.4. The molecule has 100 valence electrons. The average Bonchev–Trinajstić information content (AvgIpc) is 2.39. The summed E-state index contributed by atoms with van der Waals surface area (Å²) in [7, 11) is 0. The second kappa shape index (κ2) is 7.90. The molecule has 1 amide bonds. The van der Waals surface area contributed by atoms with Crippen LogP contribution in [0.15, 0.2) is 30.3 Å². The van der Waals surface area contributed by atoms with E-state index in [0.717, 1.165) is 5.56 Å². The number of carboxylic acid groups (broad SMARTS) is 1. The first-order valence-corrected chi connectivity index (χ1v) is 5.83. The van der Waals surface area contributed by atoms with E-state index in [1.807, 2.05) is 6.07 Å². The Morgan fingerprint density at radius 1 is 1.32 bits per heavy atom. The van der Waals surface area contributed by atoms with Crippen LogP contribution in [0.25, 0.3) is 0 Å². The lowest BCUT2D eigenvalue weighted by Gasteiger charge is -2.17. The molecule has 5 nitrogen and oxygen atoms in total. The summed E-state index contributed by atoms with van der Waals surface area (Å²) in [5.41, 5.74) is 0.759. The molecule has 0 aliphatic heterocycles. The minimum absolute atomic E-state index is 0.0627. The van der Waals surface area contributed by atoms with E-state index >= 15 is 0 Å². The van der Waals surface area contributed by atoms with Gasteiger partial charge < -0.3 is 10.4 Å². The number of carbonyl (C=O) groups is 2. The van der Waals surface area contributed by atoms with E-state index in [4.69, 9.17) is 11.5 Å². The smallest absolute Gasteiger partial charge is 0.305 e. The number of aliphatic carboxylic acids is 1. The number of nitrogens with one attached hydrogen (secondary N) is 2. The molecule has 0 bridgehead atoms. The molecule has 1 rings (SSSR count). The molecule has 0 aliphatic carbocycles. The molecule has 3 N–H and O–H groups in total. The number of hydrogen-bond acceptors (Lipinski definition) is 3. The molecule has 1 aromatic rings. The minimum Gasteiger partial charge on any atom is -0.481 e.